The summed E-state index contributed by atoms with van der Waals surface area (Å²) in [6.07, 6.45) is 8.55. The monoisotopic (exact) mass is 284 g/mol. The van der Waals surface area contributed by atoms with E-state index in [1.165, 1.54) is 43.3 Å². The van der Waals surface area contributed by atoms with Crippen LogP contribution in [-0.4, -0.2) is 22.6 Å². The van der Waals surface area contributed by atoms with Crippen LogP contribution in [0.2, 0.25) is 5.02 Å². The average Bonchev–Trinajstić information content (AvgIpc) is 2.80. The normalized spacial score (nSPS) is 27.9. The minimum atomic E-state index is 0.601. The lowest BCUT2D eigenvalue weighted by Gasteiger charge is -2.45. The first-order valence-electron chi connectivity index (χ1n) is 7.57. The molecular weight excluding hydrogens is 268 g/mol. The second-order valence-corrected chi connectivity index (χ2v) is 6.71. The Morgan fingerprint density at radius 1 is 1.20 bits per heavy atom. The fourth-order valence-corrected chi connectivity index (χ4v) is 4.66. The van der Waals surface area contributed by atoms with Crippen molar-refractivity contribution in [1.29, 1.82) is 0 Å². The molecule has 1 aromatic heterocycles. The molecule has 5 rings (SSSR count). The van der Waals surface area contributed by atoms with E-state index >= 15 is 0 Å². The summed E-state index contributed by atoms with van der Waals surface area (Å²) in [6, 6.07) is 6.96. The highest BCUT2D eigenvalue weighted by molar-refractivity contribution is 6.31. The molecule has 0 radical (unpaired) electrons. The van der Waals surface area contributed by atoms with Gasteiger partial charge in [-0.15, -0.1) is 0 Å². The summed E-state index contributed by atoms with van der Waals surface area (Å²) in [6.45, 7) is 2.47. The molecule has 0 saturated carbocycles. The van der Waals surface area contributed by atoms with E-state index in [9.17, 15) is 0 Å². The van der Waals surface area contributed by atoms with Gasteiger partial charge in [-0.2, -0.15) is 0 Å². The summed E-state index contributed by atoms with van der Waals surface area (Å²) in [5.74, 6) is 0.704. The van der Waals surface area contributed by atoms with E-state index < -0.39 is 0 Å². The van der Waals surface area contributed by atoms with E-state index in [1.54, 1.807) is 11.3 Å². The molecule has 0 spiro atoms. The largest absolute Gasteiger partial charge is 0.319 e. The van der Waals surface area contributed by atoms with E-state index in [2.05, 4.69) is 33.9 Å². The first-order chi connectivity index (χ1) is 9.83. The van der Waals surface area contributed by atoms with Gasteiger partial charge >= 0.3 is 0 Å². The predicted molar refractivity (Wildman–Crippen MR) is 83.0 cm³/mol. The number of rotatable bonds is 0. The van der Waals surface area contributed by atoms with Crippen molar-refractivity contribution in [3.63, 3.8) is 0 Å². The molecule has 0 unspecified atom stereocenters. The molecule has 2 nitrogen and oxygen atoms in total. The van der Waals surface area contributed by atoms with E-state index in [1.807, 2.05) is 6.07 Å². The van der Waals surface area contributed by atoms with E-state index in [-0.39, 0.29) is 0 Å². The van der Waals surface area contributed by atoms with Gasteiger partial charge in [-0.05, 0) is 49.4 Å². The third-order valence-corrected chi connectivity index (χ3v) is 5.54. The summed E-state index contributed by atoms with van der Waals surface area (Å²) >= 11 is 6.21. The first kappa shape index (κ1) is 11.4. The highest BCUT2D eigenvalue weighted by atomic mass is 35.5. The van der Waals surface area contributed by atoms with Crippen LogP contribution in [0.1, 0.15) is 30.1 Å². The topological polar surface area (TPSA) is 8.17 Å². The van der Waals surface area contributed by atoms with Gasteiger partial charge in [0.2, 0.25) is 0 Å². The van der Waals surface area contributed by atoms with Gasteiger partial charge < -0.3 is 4.57 Å². The molecule has 0 N–H and O–H groups in total. The molecule has 3 aliphatic rings. The Labute approximate surface area is 123 Å². The number of nitrogens with zero attached hydrogens (tertiary/aromatic N) is 2. The Morgan fingerprint density at radius 2 is 2.15 bits per heavy atom. The fourth-order valence-electron chi connectivity index (χ4n) is 4.49. The van der Waals surface area contributed by atoms with Gasteiger partial charge in [-0.3, -0.25) is 4.90 Å². The number of hydrogen-bond donors (Lipinski definition) is 0. The molecule has 0 aliphatic carbocycles. The zero-order valence-corrected chi connectivity index (χ0v) is 12.1. The van der Waals surface area contributed by atoms with Gasteiger partial charge in [0.15, 0.2) is 0 Å². The van der Waals surface area contributed by atoms with Crippen LogP contribution in [0.3, 0.4) is 0 Å². The summed E-state index contributed by atoms with van der Waals surface area (Å²) in [7, 11) is 0. The van der Waals surface area contributed by atoms with Crippen LogP contribution in [0.4, 0.5) is 0 Å². The molecule has 3 heteroatoms. The van der Waals surface area contributed by atoms with Crippen molar-refractivity contribution < 1.29 is 0 Å². The van der Waals surface area contributed by atoms with Crippen LogP contribution in [0.15, 0.2) is 24.3 Å². The van der Waals surface area contributed by atoms with Crippen LogP contribution < -0.4 is 0 Å². The number of hydrogen-bond acceptors (Lipinski definition) is 1. The van der Waals surface area contributed by atoms with Crippen LogP contribution in [0.5, 0.6) is 0 Å². The standard InChI is InChI=1S/C17H17ClN2/c18-12-3-4-13-14-6-8-19-7-1-2-11-5-9-20(15(13)10-12)17(14)16(11)19/h3-5,9-11,16H,1-2,6-8H2/t11-,16-/m1/s1. The first-order valence-corrected chi connectivity index (χ1v) is 7.95. The SMILES string of the molecule is Clc1ccc2c3c4n(c2c1)C=C[C@H]1CCCN(CC3)[C@@H]41. The molecule has 20 heavy (non-hydrogen) atoms. The molecule has 0 amide bonds. The van der Waals surface area contributed by atoms with Crippen molar-refractivity contribution in [3.05, 3.63) is 40.6 Å². The molecule has 102 valence electrons. The molecule has 1 fully saturated rings. The lowest BCUT2D eigenvalue weighted by atomic mass is 9.81. The van der Waals surface area contributed by atoms with Crippen LogP contribution in [-0.2, 0) is 6.42 Å². The molecule has 1 saturated heterocycles. The van der Waals surface area contributed by atoms with Gasteiger partial charge in [0, 0.05) is 28.8 Å². The summed E-state index contributed by atoms with van der Waals surface area (Å²) in [4.78, 5) is 2.69. The van der Waals surface area contributed by atoms with Crippen LogP contribution in [0.25, 0.3) is 17.1 Å². The molecule has 1 aromatic carbocycles. The number of fused-ring (bicyclic) bond motifs is 3. The van der Waals surface area contributed by atoms with E-state index in [4.69, 9.17) is 11.6 Å². The van der Waals surface area contributed by atoms with Crippen LogP contribution >= 0.6 is 11.6 Å². The second-order valence-electron chi connectivity index (χ2n) is 6.27. The number of halogens is 1. The Bertz CT molecular complexity index is 743. The van der Waals surface area contributed by atoms with Crippen molar-refractivity contribution >= 4 is 28.7 Å². The molecule has 2 atom stereocenters. The zero-order valence-electron chi connectivity index (χ0n) is 11.3. The maximum Gasteiger partial charge on any atom is 0.0571 e. The Balaban J connectivity index is 1.86. The number of aromatic nitrogens is 1. The third-order valence-electron chi connectivity index (χ3n) is 5.31. The van der Waals surface area contributed by atoms with Crippen molar-refractivity contribution in [2.24, 2.45) is 5.92 Å². The Kier molecular flexibility index (Phi) is 2.22. The van der Waals surface area contributed by atoms with Gasteiger partial charge in [0.05, 0.1) is 11.6 Å². The molecule has 4 heterocycles. The molecule has 3 aliphatic heterocycles. The van der Waals surface area contributed by atoms with Crippen molar-refractivity contribution in [2.75, 3.05) is 13.1 Å². The predicted octanol–water partition coefficient (Wildman–Crippen LogP) is 4.09. The molecule has 0 bridgehead atoms. The summed E-state index contributed by atoms with van der Waals surface area (Å²) < 4.78 is 2.40. The number of piperidine rings is 1. The van der Waals surface area contributed by atoms with Gasteiger partial charge in [0.25, 0.3) is 0 Å². The highest BCUT2D eigenvalue weighted by Gasteiger charge is 2.40. The van der Waals surface area contributed by atoms with Crippen molar-refractivity contribution in [1.82, 2.24) is 9.47 Å². The maximum atomic E-state index is 6.21. The Morgan fingerprint density at radius 3 is 3.10 bits per heavy atom. The number of benzene rings is 1. The maximum absolute atomic E-state index is 6.21. The van der Waals surface area contributed by atoms with Crippen molar-refractivity contribution in [2.45, 2.75) is 25.3 Å². The minimum Gasteiger partial charge on any atom is -0.319 e. The highest BCUT2D eigenvalue weighted by Crippen LogP contribution is 2.47. The van der Waals surface area contributed by atoms with Crippen LogP contribution in [0, 0.1) is 5.92 Å². The van der Waals surface area contributed by atoms with Gasteiger partial charge in [-0.1, -0.05) is 23.7 Å². The minimum absolute atomic E-state index is 0.601. The molecule has 2 aromatic rings. The lowest BCUT2D eigenvalue weighted by Crippen LogP contribution is -2.44. The van der Waals surface area contributed by atoms with Gasteiger partial charge in [0.1, 0.15) is 0 Å². The Hall–Kier alpha value is -1.25. The van der Waals surface area contributed by atoms with E-state index in [0.29, 0.717) is 12.0 Å². The van der Waals surface area contributed by atoms with Gasteiger partial charge in [-0.25, -0.2) is 0 Å². The van der Waals surface area contributed by atoms with E-state index in [0.717, 1.165) is 5.02 Å². The zero-order chi connectivity index (χ0) is 13.3. The third kappa shape index (κ3) is 1.34. The molecular formula is C17H17ClN2. The lowest BCUT2D eigenvalue weighted by molar-refractivity contribution is 0.0982. The second kappa shape index (κ2) is 3.90. The summed E-state index contributed by atoms with van der Waals surface area (Å²) in [5, 5.41) is 2.24. The average molecular weight is 285 g/mol. The van der Waals surface area contributed by atoms with Crippen molar-refractivity contribution in [3.8, 4) is 0 Å². The smallest absolute Gasteiger partial charge is 0.0571 e. The quantitative estimate of drug-likeness (QED) is 0.707. The summed E-state index contributed by atoms with van der Waals surface area (Å²) in [5.41, 5.74) is 4.39. The fraction of sp³-hybridized carbons (Fsp3) is 0.412.